The smallest absolute Gasteiger partial charge is 0.252 e. The average molecular weight is 328 g/mol. The number of piperidine rings is 1. The predicted molar refractivity (Wildman–Crippen MR) is 89.2 cm³/mol. The molecule has 1 atom stereocenters. The Bertz CT molecular complexity index is 639. The van der Waals surface area contributed by atoms with Gasteiger partial charge in [-0.2, -0.15) is 4.98 Å². The van der Waals surface area contributed by atoms with Gasteiger partial charge in [-0.3, -0.25) is 9.88 Å². The number of pyridine rings is 1. The number of nitrogens with zero attached hydrogens (tertiary/aromatic N) is 4. The van der Waals surface area contributed by atoms with E-state index in [4.69, 9.17) is 9.26 Å². The van der Waals surface area contributed by atoms with Gasteiger partial charge >= 0.3 is 0 Å². The quantitative estimate of drug-likeness (QED) is 0.840. The van der Waals surface area contributed by atoms with Crippen LogP contribution in [0.2, 0.25) is 0 Å². The Morgan fingerprint density at radius 3 is 2.96 bits per heavy atom. The van der Waals surface area contributed by atoms with Gasteiger partial charge in [0.25, 0.3) is 5.89 Å². The summed E-state index contributed by atoms with van der Waals surface area (Å²) in [6.07, 6.45) is 11.5. The molecule has 2 aliphatic rings. The first kappa shape index (κ1) is 15.7. The molecule has 1 aliphatic heterocycles. The molecule has 0 spiro atoms. The van der Waals surface area contributed by atoms with Crippen LogP contribution in [0.15, 0.2) is 29.0 Å². The summed E-state index contributed by atoms with van der Waals surface area (Å²) in [5.41, 5.74) is 0.859. The van der Waals surface area contributed by atoms with Gasteiger partial charge in [-0.1, -0.05) is 18.0 Å². The minimum Gasteiger partial charge on any atom is -0.367 e. The molecule has 2 aromatic heterocycles. The Labute approximate surface area is 142 Å². The van der Waals surface area contributed by atoms with Crippen molar-refractivity contribution in [1.82, 2.24) is 20.0 Å². The molecule has 0 radical (unpaired) electrons. The largest absolute Gasteiger partial charge is 0.367 e. The molecule has 0 bridgehead atoms. The Morgan fingerprint density at radius 1 is 1.21 bits per heavy atom. The second-order valence-corrected chi connectivity index (χ2v) is 6.76. The molecule has 1 unspecified atom stereocenters. The van der Waals surface area contributed by atoms with Crippen molar-refractivity contribution < 1.29 is 9.26 Å². The molecule has 0 N–H and O–H groups in total. The lowest BCUT2D eigenvalue weighted by Crippen LogP contribution is -2.44. The summed E-state index contributed by atoms with van der Waals surface area (Å²) in [7, 11) is 0. The van der Waals surface area contributed by atoms with E-state index in [0.29, 0.717) is 18.3 Å². The summed E-state index contributed by atoms with van der Waals surface area (Å²) in [6, 6.07) is 4.56. The Morgan fingerprint density at radius 2 is 2.12 bits per heavy atom. The van der Waals surface area contributed by atoms with Gasteiger partial charge in [-0.25, -0.2) is 0 Å². The highest BCUT2D eigenvalue weighted by atomic mass is 16.5. The highest BCUT2D eigenvalue weighted by Gasteiger charge is 2.28. The summed E-state index contributed by atoms with van der Waals surface area (Å²) >= 11 is 0. The van der Waals surface area contributed by atoms with Gasteiger partial charge in [0.05, 0.1) is 6.10 Å². The van der Waals surface area contributed by atoms with E-state index in [0.717, 1.165) is 24.6 Å². The van der Waals surface area contributed by atoms with Crippen molar-refractivity contribution in [2.75, 3.05) is 13.1 Å². The van der Waals surface area contributed by atoms with E-state index in [2.05, 4.69) is 20.0 Å². The van der Waals surface area contributed by atoms with E-state index >= 15 is 0 Å². The van der Waals surface area contributed by atoms with Gasteiger partial charge in [0.1, 0.15) is 6.61 Å². The predicted octanol–water partition coefficient (Wildman–Crippen LogP) is 3.06. The molecular weight excluding hydrogens is 304 g/mol. The number of ether oxygens (including phenoxy) is 1. The molecular formula is C18H24N4O2. The Hall–Kier alpha value is -1.79. The van der Waals surface area contributed by atoms with Crippen molar-refractivity contribution in [3.63, 3.8) is 0 Å². The standard InChI is InChI=1S/C18H24N4O2/c1-2-7-15(6-1)22-10-4-8-16(12-22)23-13-17-20-18(21-24-17)14-5-3-9-19-11-14/h3,5,9,11,15-16H,1-2,4,6-8,10,12-13H2. The summed E-state index contributed by atoms with van der Waals surface area (Å²) < 4.78 is 11.4. The first-order chi connectivity index (χ1) is 11.9. The molecule has 4 rings (SSSR count). The van der Waals surface area contributed by atoms with Crippen LogP contribution < -0.4 is 0 Å². The molecule has 24 heavy (non-hydrogen) atoms. The van der Waals surface area contributed by atoms with Crippen molar-refractivity contribution >= 4 is 0 Å². The van der Waals surface area contributed by atoms with Gasteiger partial charge in [0, 0.05) is 30.5 Å². The van der Waals surface area contributed by atoms with Crippen LogP contribution >= 0.6 is 0 Å². The lowest BCUT2D eigenvalue weighted by atomic mass is 10.0. The highest BCUT2D eigenvalue weighted by Crippen LogP contribution is 2.27. The number of likely N-dealkylation sites (tertiary alicyclic amines) is 1. The molecule has 3 heterocycles. The van der Waals surface area contributed by atoms with Gasteiger partial charge in [-0.15, -0.1) is 0 Å². The van der Waals surface area contributed by atoms with Crippen LogP contribution in [0.5, 0.6) is 0 Å². The van der Waals surface area contributed by atoms with E-state index in [1.54, 1.807) is 12.4 Å². The van der Waals surface area contributed by atoms with Crippen LogP contribution in [-0.2, 0) is 11.3 Å². The molecule has 2 aromatic rings. The second kappa shape index (κ2) is 7.40. The molecule has 1 saturated carbocycles. The summed E-state index contributed by atoms with van der Waals surface area (Å²) in [5, 5.41) is 4.01. The van der Waals surface area contributed by atoms with E-state index in [1.165, 1.54) is 38.6 Å². The average Bonchev–Trinajstić information content (AvgIpc) is 3.33. The number of hydrogen-bond acceptors (Lipinski definition) is 6. The van der Waals surface area contributed by atoms with Gasteiger partial charge < -0.3 is 9.26 Å². The maximum atomic E-state index is 6.05. The van der Waals surface area contributed by atoms with Crippen LogP contribution in [0, 0.1) is 0 Å². The van der Waals surface area contributed by atoms with Crippen LogP contribution in [0.25, 0.3) is 11.4 Å². The Kier molecular flexibility index (Phi) is 4.85. The normalized spacial score (nSPS) is 22.9. The molecule has 0 amide bonds. The zero-order valence-electron chi connectivity index (χ0n) is 13.9. The van der Waals surface area contributed by atoms with Crippen LogP contribution in [0.1, 0.15) is 44.4 Å². The summed E-state index contributed by atoms with van der Waals surface area (Å²) in [6.45, 7) is 2.64. The lowest BCUT2D eigenvalue weighted by molar-refractivity contribution is -0.0287. The first-order valence-electron chi connectivity index (χ1n) is 8.97. The fourth-order valence-electron chi connectivity index (χ4n) is 3.82. The molecule has 1 aliphatic carbocycles. The number of hydrogen-bond donors (Lipinski definition) is 0. The minimum atomic E-state index is 0.271. The van der Waals surface area contributed by atoms with Crippen molar-refractivity contribution in [3.8, 4) is 11.4 Å². The Balaban J connectivity index is 1.31. The summed E-state index contributed by atoms with van der Waals surface area (Å²) in [4.78, 5) is 11.1. The van der Waals surface area contributed by atoms with Crippen LogP contribution in [0.3, 0.4) is 0 Å². The maximum Gasteiger partial charge on any atom is 0.252 e. The molecule has 6 nitrogen and oxygen atoms in total. The van der Waals surface area contributed by atoms with Crippen molar-refractivity contribution in [3.05, 3.63) is 30.4 Å². The molecule has 128 valence electrons. The van der Waals surface area contributed by atoms with Gasteiger partial charge in [0.15, 0.2) is 0 Å². The highest BCUT2D eigenvalue weighted by molar-refractivity contribution is 5.51. The molecule has 2 fully saturated rings. The fraction of sp³-hybridized carbons (Fsp3) is 0.611. The SMILES string of the molecule is c1cncc(-c2noc(COC3CCCN(C4CCCC4)C3)n2)c1. The topological polar surface area (TPSA) is 64.3 Å². The zero-order chi connectivity index (χ0) is 16.2. The van der Waals surface area contributed by atoms with Gasteiger partial charge in [0.2, 0.25) is 5.82 Å². The second-order valence-electron chi connectivity index (χ2n) is 6.76. The molecule has 1 saturated heterocycles. The van der Waals surface area contributed by atoms with E-state index < -0.39 is 0 Å². The molecule has 0 aromatic carbocycles. The van der Waals surface area contributed by atoms with E-state index in [1.807, 2.05) is 12.1 Å². The first-order valence-corrected chi connectivity index (χ1v) is 8.97. The third-order valence-corrected chi connectivity index (χ3v) is 5.08. The van der Waals surface area contributed by atoms with Crippen molar-refractivity contribution in [1.29, 1.82) is 0 Å². The third-order valence-electron chi connectivity index (χ3n) is 5.08. The minimum absolute atomic E-state index is 0.271. The van der Waals surface area contributed by atoms with Crippen molar-refractivity contribution in [2.45, 2.75) is 57.3 Å². The third kappa shape index (κ3) is 3.65. The van der Waals surface area contributed by atoms with Crippen LogP contribution in [-0.4, -0.2) is 45.3 Å². The number of aromatic nitrogens is 3. The van der Waals surface area contributed by atoms with Crippen LogP contribution in [0.4, 0.5) is 0 Å². The number of rotatable bonds is 5. The van der Waals surface area contributed by atoms with Gasteiger partial charge in [-0.05, 0) is 44.4 Å². The molecule has 6 heteroatoms. The maximum absolute atomic E-state index is 6.05. The summed E-state index contributed by atoms with van der Waals surface area (Å²) in [5.74, 6) is 1.10. The monoisotopic (exact) mass is 328 g/mol. The van der Waals surface area contributed by atoms with Crippen molar-refractivity contribution in [2.24, 2.45) is 0 Å². The van der Waals surface area contributed by atoms with E-state index in [-0.39, 0.29) is 6.10 Å². The fourth-order valence-corrected chi connectivity index (χ4v) is 3.82. The lowest BCUT2D eigenvalue weighted by Gasteiger charge is -2.36. The zero-order valence-corrected chi connectivity index (χ0v) is 13.9. The van der Waals surface area contributed by atoms with E-state index in [9.17, 15) is 0 Å².